The first-order valence-electron chi connectivity index (χ1n) is 9.53. The zero-order valence-corrected chi connectivity index (χ0v) is 15.0. The fourth-order valence-electron chi connectivity index (χ4n) is 5.34. The zero-order chi connectivity index (χ0) is 19.6. The Morgan fingerprint density at radius 3 is 2.18 bits per heavy atom. The third-order valence-corrected chi connectivity index (χ3v) is 6.68. The number of likely N-dealkylation sites (tertiary alicyclic amines) is 1. The first-order chi connectivity index (χ1) is 13.5. The van der Waals surface area contributed by atoms with E-state index in [1.807, 2.05) is 0 Å². The first-order valence-corrected chi connectivity index (χ1v) is 9.53. The molecule has 1 heterocycles. The molecule has 1 aliphatic heterocycles. The van der Waals surface area contributed by atoms with Crippen LogP contribution in [-0.2, 0) is 14.4 Å². The summed E-state index contributed by atoms with van der Waals surface area (Å²) in [6.07, 6.45) is 5.36. The van der Waals surface area contributed by atoms with Gasteiger partial charge in [0.05, 0.1) is 16.8 Å². The van der Waals surface area contributed by atoms with Crippen molar-refractivity contribution in [2.45, 2.75) is 12.8 Å². The van der Waals surface area contributed by atoms with Gasteiger partial charge < -0.3 is 5.32 Å². The third kappa shape index (κ3) is 2.47. The van der Waals surface area contributed by atoms with Crippen LogP contribution >= 0.6 is 0 Å². The van der Waals surface area contributed by atoms with Crippen molar-refractivity contribution in [3.05, 3.63) is 46.5 Å². The summed E-state index contributed by atoms with van der Waals surface area (Å²) in [7, 11) is 0. The van der Waals surface area contributed by atoms with Gasteiger partial charge in [0.2, 0.25) is 17.7 Å². The van der Waals surface area contributed by atoms with Gasteiger partial charge in [-0.1, -0.05) is 12.2 Å². The number of carbonyl (C=O) groups excluding carboxylic acids is 3. The summed E-state index contributed by atoms with van der Waals surface area (Å²) < 4.78 is 0. The second kappa shape index (κ2) is 5.98. The lowest BCUT2D eigenvalue weighted by Crippen LogP contribution is -2.40. The lowest BCUT2D eigenvalue weighted by molar-refractivity contribution is -0.384. The van der Waals surface area contributed by atoms with E-state index in [1.165, 1.54) is 29.2 Å². The molecule has 144 valence electrons. The number of allylic oxidation sites excluding steroid dienone is 2. The van der Waals surface area contributed by atoms with Crippen LogP contribution in [-0.4, -0.2) is 34.1 Å². The van der Waals surface area contributed by atoms with Gasteiger partial charge in [0.25, 0.3) is 5.69 Å². The van der Waals surface area contributed by atoms with Crippen molar-refractivity contribution in [1.82, 2.24) is 4.90 Å². The molecule has 8 nitrogen and oxygen atoms in total. The van der Waals surface area contributed by atoms with Gasteiger partial charge in [-0.25, -0.2) is 0 Å². The molecular formula is C20H19N3O5. The molecule has 2 bridgehead atoms. The summed E-state index contributed by atoms with van der Waals surface area (Å²) in [6.45, 7) is 0.0677. The van der Waals surface area contributed by atoms with E-state index in [2.05, 4.69) is 17.5 Å². The minimum Gasteiger partial charge on any atom is -0.326 e. The van der Waals surface area contributed by atoms with Crippen LogP contribution in [0.15, 0.2) is 36.4 Å². The number of hydrogen-bond donors (Lipinski definition) is 1. The molecule has 3 amide bonds. The number of nitrogens with zero attached hydrogens (tertiary/aromatic N) is 2. The molecule has 6 rings (SSSR count). The van der Waals surface area contributed by atoms with E-state index in [1.54, 1.807) is 0 Å². The highest BCUT2D eigenvalue weighted by molar-refractivity contribution is 6.06. The van der Waals surface area contributed by atoms with Gasteiger partial charge in [-0.3, -0.25) is 29.4 Å². The zero-order valence-electron chi connectivity index (χ0n) is 15.0. The molecule has 1 N–H and O–H groups in total. The van der Waals surface area contributed by atoms with E-state index < -0.39 is 4.92 Å². The number of nitro benzene ring substituents is 1. The highest BCUT2D eigenvalue weighted by Crippen LogP contribution is 2.65. The Hall–Kier alpha value is -3.03. The number of hydrogen-bond acceptors (Lipinski definition) is 5. The second-order valence-electron chi connectivity index (χ2n) is 8.08. The van der Waals surface area contributed by atoms with E-state index in [0.717, 1.165) is 6.42 Å². The number of amides is 3. The molecule has 1 aromatic carbocycles. The van der Waals surface area contributed by atoms with E-state index in [0.29, 0.717) is 17.5 Å². The van der Waals surface area contributed by atoms with Crippen molar-refractivity contribution in [2.75, 3.05) is 11.9 Å². The Labute approximate surface area is 160 Å². The molecule has 0 spiro atoms. The molecule has 1 saturated heterocycles. The molecule has 4 aliphatic carbocycles. The monoisotopic (exact) mass is 381 g/mol. The Balaban J connectivity index is 1.21. The van der Waals surface area contributed by atoms with Crippen LogP contribution in [0.2, 0.25) is 0 Å². The number of rotatable bonds is 5. The number of imide groups is 1. The Kier molecular flexibility index (Phi) is 3.65. The predicted octanol–water partition coefficient (Wildman–Crippen LogP) is 1.98. The van der Waals surface area contributed by atoms with E-state index >= 15 is 0 Å². The summed E-state index contributed by atoms with van der Waals surface area (Å²) in [5.74, 6) is 0.356. The van der Waals surface area contributed by atoms with Crippen LogP contribution in [0.5, 0.6) is 0 Å². The molecule has 0 aromatic heterocycles. The molecule has 8 heteroatoms. The summed E-state index contributed by atoms with van der Waals surface area (Å²) >= 11 is 0. The van der Waals surface area contributed by atoms with E-state index in [9.17, 15) is 24.5 Å². The average Bonchev–Trinajstić information content (AvgIpc) is 3.46. The molecule has 0 radical (unpaired) electrons. The quantitative estimate of drug-likeness (QED) is 0.363. The van der Waals surface area contributed by atoms with Crippen molar-refractivity contribution in [3.63, 3.8) is 0 Å². The Morgan fingerprint density at radius 1 is 1.07 bits per heavy atom. The Bertz CT molecular complexity index is 888. The summed E-state index contributed by atoms with van der Waals surface area (Å²) in [6, 6.07) is 5.52. The van der Waals surface area contributed by atoms with Crippen molar-refractivity contribution in [1.29, 1.82) is 0 Å². The van der Waals surface area contributed by atoms with Crippen LogP contribution in [0.25, 0.3) is 0 Å². The van der Waals surface area contributed by atoms with Gasteiger partial charge in [0.15, 0.2) is 0 Å². The van der Waals surface area contributed by atoms with Gasteiger partial charge in [-0.05, 0) is 42.2 Å². The average molecular weight is 381 g/mol. The molecule has 28 heavy (non-hydrogen) atoms. The molecule has 5 aliphatic rings. The van der Waals surface area contributed by atoms with Crippen molar-refractivity contribution < 1.29 is 19.3 Å². The van der Waals surface area contributed by atoms with Gasteiger partial charge in [-0.2, -0.15) is 0 Å². The molecule has 6 atom stereocenters. The minimum atomic E-state index is -0.512. The van der Waals surface area contributed by atoms with Gasteiger partial charge in [0, 0.05) is 30.8 Å². The minimum absolute atomic E-state index is 0.00350. The van der Waals surface area contributed by atoms with Gasteiger partial charge >= 0.3 is 0 Å². The highest BCUT2D eigenvalue weighted by Gasteiger charge is 2.66. The number of anilines is 1. The van der Waals surface area contributed by atoms with Crippen molar-refractivity contribution in [2.24, 2.45) is 35.5 Å². The second-order valence-corrected chi connectivity index (χ2v) is 8.08. The number of carbonyl (C=O) groups is 3. The predicted molar refractivity (Wildman–Crippen MR) is 97.8 cm³/mol. The van der Waals surface area contributed by atoms with Crippen LogP contribution in [0.1, 0.15) is 12.8 Å². The van der Waals surface area contributed by atoms with E-state index in [-0.39, 0.29) is 60.0 Å². The van der Waals surface area contributed by atoms with Crippen LogP contribution in [0, 0.1) is 45.6 Å². The first kappa shape index (κ1) is 17.1. The summed E-state index contributed by atoms with van der Waals surface area (Å²) in [4.78, 5) is 49.3. The maximum absolute atomic E-state index is 12.9. The summed E-state index contributed by atoms with van der Waals surface area (Å²) in [5, 5.41) is 13.3. The van der Waals surface area contributed by atoms with Gasteiger partial charge in [0.1, 0.15) is 0 Å². The molecule has 3 fully saturated rings. The fourth-order valence-corrected chi connectivity index (χ4v) is 5.34. The third-order valence-electron chi connectivity index (χ3n) is 6.68. The maximum atomic E-state index is 12.9. The van der Waals surface area contributed by atoms with Crippen LogP contribution < -0.4 is 5.32 Å². The number of non-ortho nitro benzene ring substituents is 1. The molecule has 0 unspecified atom stereocenters. The number of nitrogens with one attached hydrogen (secondary N) is 1. The lowest BCUT2D eigenvalue weighted by atomic mass is 9.63. The van der Waals surface area contributed by atoms with E-state index in [4.69, 9.17) is 0 Å². The maximum Gasteiger partial charge on any atom is 0.269 e. The molecule has 1 aromatic rings. The van der Waals surface area contributed by atoms with Crippen molar-refractivity contribution >= 4 is 29.1 Å². The van der Waals surface area contributed by atoms with Crippen LogP contribution in [0.4, 0.5) is 11.4 Å². The number of benzene rings is 1. The SMILES string of the molecule is O=C(CCN1C(=O)[C@@H]2[C@H]3C=C[C@@H]([C@@H]4C[C@@H]34)[C@H]2C1=O)Nc1ccc([N+](=O)[O-])cc1. The van der Waals surface area contributed by atoms with Crippen LogP contribution in [0.3, 0.4) is 0 Å². The Morgan fingerprint density at radius 2 is 1.64 bits per heavy atom. The number of nitro groups is 1. The topological polar surface area (TPSA) is 110 Å². The molecule has 2 saturated carbocycles. The van der Waals surface area contributed by atoms with Crippen molar-refractivity contribution in [3.8, 4) is 0 Å². The van der Waals surface area contributed by atoms with Gasteiger partial charge in [-0.15, -0.1) is 0 Å². The molecular weight excluding hydrogens is 362 g/mol. The normalized spacial score (nSPS) is 34.2. The standard InChI is InChI=1S/C20H19N3O5/c24-16(21-10-1-3-11(4-2-10)23(27)28)7-8-22-19(25)17-12-5-6-13(15-9-14(12)15)18(17)20(22)26/h1-6,12-15,17-18H,7-9H2,(H,21,24)/t12-,13-,14-,15-,17+,18+/m0/s1. The highest BCUT2D eigenvalue weighted by atomic mass is 16.6. The largest absolute Gasteiger partial charge is 0.326 e. The lowest BCUT2D eigenvalue weighted by Gasteiger charge is -2.37. The smallest absolute Gasteiger partial charge is 0.269 e. The fraction of sp³-hybridized carbons (Fsp3) is 0.450. The summed E-state index contributed by atoms with van der Waals surface area (Å²) in [5.41, 5.74) is 0.376.